The Balaban J connectivity index is 1.70. The summed E-state index contributed by atoms with van der Waals surface area (Å²) in [6.07, 6.45) is 3.32. The molecule has 0 fully saturated rings. The Hall–Kier alpha value is -4.18. The number of hydrogen-bond donors (Lipinski definition) is 1. The van der Waals surface area contributed by atoms with Crippen molar-refractivity contribution in [2.24, 2.45) is 0 Å². The number of nitriles is 1. The van der Waals surface area contributed by atoms with Gasteiger partial charge in [0.25, 0.3) is 5.91 Å². The van der Waals surface area contributed by atoms with E-state index in [1.807, 2.05) is 41.1 Å². The van der Waals surface area contributed by atoms with E-state index < -0.39 is 5.91 Å². The number of benzene rings is 2. The van der Waals surface area contributed by atoms with Crippen molar-refractivity contribution in [3.8, 4) is 6.07 Å². The number of amides is 1. The topological polar surface area (TPSA) is 83.9 Å². The van der Waals surface area contributed by atoms with E-state index in [0.717, 1.165) is 10.9 Å². The van der Waals surface area contributed by atoms with Crippen LogP contribution in [0.3, 0.4) is 0 Å². The van der Waals surface area contributed by atoms with Crippen molar-refractivity contribution < 1.29 is 13.7 Å². The number of nitrogens with one attached hydrogen (secondary N) is 1. The van der Waals surface area contributed by atoms with Crippen LogP contribution in [-0.4, -0.2) is 15.6 Å². The molecule has 2 aromatic carbocycles. The molecule has 4 aromatic rings. The van der Waals surface area contributed by atoms with Gasteiger partial charge in [-0.25, -0.2) is 4.39 Å². The van der Waals surface area contributed by atoms with E-state index >= 15 is 0 Å². The van der Waals surface area contributed by atoms with Crippen molar-refractivity contribution >= 4 is 28.7 Å². The van der Waals surface area contributed by atoms with Crippen molar-refractivity contribution in [1.82, 2.24) is 9.72 Å². The summed E-state index contributed by atoms with van der Waals surface area (Å²) in [7, 11) is 0. The summed E-state index contributed by atoms with van der Waals surface area (Å²) in [4.78, 5) is 12.5. The summed E-state index contributed by atoms with van der Waals surface area (Å²) in [5, 5.41) is 16.6. The third kappa shape index (κ3) is 3.84. The fourth-order valence-electron chi connectivity index (χ4n) is 3.24. The lowest BCUT2D eigenvalue weighted by Gasteiger charge is -2.06. The standard InChI is InChI=1S/C23H17FN4O2/c1-15-10-22(27-30-15)26-23(29)17(12-25)11-18-14-28(21-9-5-3-7-19(18)21)13-16-6-2-4-8-20(16)24/h2-11,14H,13H2,1H3,(H,26,27,29)/b17-11-. The molecule has 0 aliphatic heterocycles. The maximum atomic E-state index is 14.1. The van der Waals surface area contributed by atoms with Crippen LogP contribution in [0.2, 0.25) is 0 Å². The third-order valence-corrected chi connectivity index (χ3v) is 4.65. The molecule has 1 amide bonds. The highest BCUT2D eigenvalue weighted by Gasteiger charge is 2.15. The van der Waals surface area contributed by atoms with E-state index in [1.54, 1.807) is 31.2 Å². The Bertz CT molecular complexity index is 1310. The highest BCUT2D eigenvalue weighted by atomic mass is 19.1. The van der Waals surface area contributed by atoms with Gasteiger partial charge in [0.2, 0.25) is 0 Å². The number of para-hydroxylation sites is 1. The number of nitrogens with zero attached hydrogens (tertiary/aromatic N) is 3. The summed E-state index contributed by atoms with van der Waals surface area (Å²) >= 11 is 0. The SMILES string of the molecule is Cc1cc(NC(=O)/C(C#N)=C\c2cn(Cc3ccccc3F)c3ccccc23)no1. The fraction of sp³-hybridized carbons (Fsp3) is 0.0870. The molecule has 148 valence electrons. The minimum Gasteiger partial charge on any atom is -0.360 e. The normalized spacial score (nSPS) is 11.4. The smallest absolute Gasteiger partial charge is 0.267 e. The number of aromatic nitrogens is 2. The quantitative estimate of drug-likeness (QED) is 0.390. The zero-order valence-electron chi connectivity index (χ0n) is 16.1. The molecule has 0 aliphatic rings. The number of carbonyl (C=O) groups is 1. The molecule has 0 bridgehead atoms. The van der Waals surface area contributed by atoms with Gasteiger partial charge in [0.1, 0.15) is 23.2 Å². The van der Waals surface area contributed by atoms with E-state index in [1.165, 1.54) is 12.1 Å². The van der Waals surface area contributed by atoms with Crippen LogP contribution in [0.15, 0.2) is 70.9 Å². The highest BCUT2D eigenvalue weighted by molar-refractivity contribution is 6.10. The molecule has 0 saturated carbocycles. The van der Waals surface area contributed by atoms with Gasteiger partial charge in [-0.05, 0) is 25.1 Å². The summed E-state index contributed by atoms with van der Waals surface area (Å²) < 4.78 is 20.9. The zero-order chi connectivity index (χ0) is 21.1. The number of halogens is 1. The highest BCUT2D eigenvalue weighted by Crippen LogP contribution is 2.25. The number of rotatable bonds is 5. The Kier molecular flexibility index (Phi) is 5.14. The Morgan fingerprint density at radius 3 is 2.77 bits per heavy atom. The van der Waals surface area contributed by atoms with E-state index in [4.69, 9.17) is 4.52 Å². The van der Waals surface area contributed by atoms with Gasteiger partial charge in [-0.1, -0.05) is 41.6 Å². The molecular weight excluding hydrogens is 383 g/mol. The molecule has 0 unspecified atom stereocenters. The molecule has 4 rings (SSSR count). The molecule has 30 heavy (non-hydrogen) atoms. The molecular formula is C23H17FN4O2. The lowest BCUT2D eigenvalue weighted by atomic mass is 10.1. The number of hydrogen-bond acceptors (Lipinski definition) is 4. The molecule has 0 aliphatic carbocycles. The second-order valence-corrected chi connectivity index (χ2v) is 6.77. The lowest BCUT2D eigenvalue weighted by molar-refractivity contribution is -0.112. The zero-order valence-corrected chi connectivity index (χ0v) is 16.1. The van der Waals surface area contributed by atoms with Crippen LogP contribution in [-0.2, 0) is 11.3 Å². The van der Waals surface area contributed by atoms with Gasteiger partial charge < -0.3 is 14.4 Å². The van der Waals surface area contributed by atoms with E-state index in [9.17, 15) is 14.4 Å². The summed E-state index contributed by atoms with van der Waals surface area (Å²) in [5.41, 5.74) is 2.03. The molecule has 0 radical (unpaired) electrons. The predicted molar refractivity (Wildman–Crippen MR) is 111 cm³/mol. The maximum absolute atomic E-state index is 14.1. The summed E-state index contributed by atoms with van der Waals surface area (Å²) in [5.74, 6) is -0.0891. The molecule has 0 spiro atoms. The molecule has 6 nitrogen and oxygen atoms in total. The maximum Gasteiger partial charge on any atom is 0.267 e. The van der Waals surface area contributed by atoms with E-state index in [2.05, 4.69) is 10.5 Å². The van der Waals surface area contributed by atoms with Crippen molar-refractivity contribution in [1.29, 1.82) is 5.26 Å². The van der Waals surface area contributed by atoms with Crippen LogP contribution >= 0.6 is 0 Å². The van der Waals surface area contributed by atoms with Crippen molar-refractivity contribution in [2.75, 3.05) is 5.32 Å². The second kappa shape index (κ2) is 8.05. The van der Waals surface area contributed by atoms with Crippen molar-refractivity contribution in [2.45, 2.75) is 13.5 Å². The first-order chi connectivity index (χ1) is 14.5. The van der Waals surface area contributed by atoms with Crippen molar-refractivity contribution in [3.63, 3.8) is 0 Å². The first-order valence-corrected chi connectivity index (χ1v) is 9.23. The summed E-state index contributed by atoms with van der Waals surface area (Å²) in [6.45, 7) is 2.03. The van der Waals surface area contributed by atoms with Gasteiger partial charge in [0.05, 0.1) is 6.54 Å². The Labute approximate surface area is 171 Å². The first kappa shape index (κ1) is 19.2. The number of anilines is 1. The Morgan fingerprint density at radius 2 is 2.03 bits per heavy atom. The van der Waals surface area contributed by atoms with Crippen molar-refractivity contribution in [3.05, 3.63) is 89.1 Å². The largest absolute Gasteiger partial charge is 0.360 e. The predicted octanol–water partition coefficient (Wildman–Crippen LogP) is 4.67. The van der Waals surface area contributed by atoms with Gasteiger partial charge in [-0.3, -0.25) is 4.79 Å². The van der Waals surface area contributed by atoms with E-state index in [0.29, 0.717) is 23.4 Å². The molecule has 0 saturated heterocycles. The number of carbonyl (C=O) groups excluding carboxylic acids is 1. The average Bonchev–Trinajstić information content (AvgIpc) is 3.31. The third-order valence-electron chi connectivity index (χ3n) is 4.65. The molecule has 1 N–H and O–H groups in total. The van der Waals surface area contributed by atoms with Crippen LogP contribution in [0.1, 0.15) is 16.9 Å². The lowest BCUT2D eigenvalue weighted by Crippen LogP contribution is -2.13. The summed E-state index contributed by atoms with van der Waals surface area (Å²) in [6, 6.07) is 17.7. The van der Waals surface area contributed by atoms with Gasteiger partial charge >= 0.3 is 0 Å². The van der Waals surface area contributed by atoms with E-state index in [-0.39, 0.29) is 17.2 Å². The van der Waals surface area contributed by atoms with Crippen LogP contribution < -0.4 is 5.32 Å². The fourth-order valence-corrected chi connectivity index (χ4v) is 3.24. The minimum atomic E-state index is -0.586. The molecule has 7 heteroatoms. The second-order valence-electron chi connectivity index (χ2n) is 6.77. The number of aryl methyl sites for hydroxylation is 1. The van der Waals surface area contributed by atoms with Gasteiger partial charge in [0, 0.05) is 34.3 Å². The van der Waals surface area contributed by atoms with Crippen LogP contribution in [0.25, 0.3) is 17.0 Å². The Morgan fingerprint density at radius 1 is 1.27 bits per heavy atom. The first-order valence-electron chi connectivity index (χ1n) is 9.23. The van der Waals surface area contributed by atoms with Crippen LogP contribution in [0.4, 0.5) is 10.2 Å². The minimum absolute atomic E-state index is 0.0792. The van der Waals surface area contributed by atoms with Gasteiger partial charge in [-0.15, -0.1) is 0 Å². The number of fused-ring (bicyclic) bond motifs is 1. The van der Waals surface area contributed by atoms with Crippen LogP contribution in [0.5, 0.6) is 0 Å². The molecule has 2 heterocycles. The molecule has 0 atom stereocenters. The van der Waals surface area contributed by atoms with Gasteiger partial charge in [-0.2, -0.15) is 5.26 Å². The van der Waals surface area contributed by atoms with Crippen LogP contribution in [0, 0.1) is 24.1 Å². The van der Waals surface area contributed by atoms with Gasteiger partial charge in [0.15, 0.2) is 5.82 Å². The average molecular weight is 400 g/mol. The molecule has 2 aromatic heterocycles. The monoisotopic (exact) mass is 400 g/mol.